The number of thioether (sulfide) groups is 1. The SMILES string of the molecule is CCSc1ccc(C(C=O)Oc2ccc(C#N)cc2)cc1. The van der Waals surface area contributed by atoms with E-state index in [-0.39, 0.29) is 0 Å². The van der Waals surface area contributed by atoms with Gasteiger partial charge in [0.1, 0.15) is 5.75 Å². The van der Waals surface area contributed by atoms with Gasteiger partial charge in [-0.15, -0.1) is 11.8 Å². The summed E-state index contributed by atoms with van der Waals surface area (Å²) in [6, 6.07) is 16.5. The Hall–Kier alpha value is -2.25. The predicted octanol–water partition coefficient (Wildman–Crippen LogP) is 3.99. The van der Waals surface area contributed by atoms with Gasteiger partial charge >= 0.3 is 0 Å². The van der Waals surface area contributed by atoms with E-state index < -0.39 is 6.10 Å². The van der Waals surface area contributed by atoms with Crippen molar-refractivity contribution in [2.24, 2.45) is 0 Å². The molecular weight excluding hydrogens is 282 g/mol. The normalized spacial score (nSPS) is 11.4. The van der Waals surface area contributed by atoms with Gasteiger partial charge in [0.25, 0.3) is 0 Å². The number of aldehydes is 1. The highest BCUT2D eigenvalue weighted by Crippen LogP contribution is 2.24. The first kappa shape index (κ1) is 15.1. The molecule has 2 aromatic carbocycles. The minimum absolute atomic E-state index is 0.561. The minimum atomic E-state index is -0.640. The standard InChI is InChI=1S/C17H15NO2S/c1-2-21-16-9-5-14(6-10-16)17(12-19)20-15-7-3-13(11-18)4-8-15/h3-10,12,17H,2H2,1H3. The molecule has 21 heavy (non-hydrogen) atoms. The largest absolute Gasteiger partial charge is 0.478 e. The van der Waals surface area contributed by atoms with Gasteiger partial charge in [-0.1, -0.05) is 19.1 Å². The maximum atomic E-state index is 11.3. The molecule has 0 aliphatic rings. The Morgan fingerprint density at radius 1 is 1.19 bits per heavy atom. The first-order valence-electron chi connectivity index (χ1n) is 6.61. The van der Waals surface area contributed by atoms with E-state index in [2.05, 4.69) is 6.92 Å². The lowest BCUT2D eigenvalue weighted by Gasteiger charge is -2.14. The number of benzene rings is 2. The van der Waals surface area contributed by atoms with Crippen LogP contribution in [0.5, 0.6) is 5.75 Å². The van der Waals surface area contributed by atoms with E-state index >= 15 is 0 Å². The Morgan fingerprint density at radius 3 is 2.38 bits per heavy atom. The van der Waals surface area contributed by atoms with Crippen molar-refractivity contribution in [2.45, 2.75) is 17.9 Å². The zero-order chi connectivity index (χ0) is 15.1. The van der Waals surface area contributed by atoms with Gasteiger partial charge in [0, 0.05) is 4.90 Å². The van der Waals surface area contributed by atoms with E-state index in [1.807, 2.05) is 30.3 Å². The summed E-state index contributed by atoms with van der Waals surface area (Å²) in [5.74, 6) is 1.58. The molecule has 0 radical (unpaired) electrons. The van der Waals surface area contributed by atoms with Crippen LogP contribution in [-0.4, -0.2) is 12.0 Å². The molecule has 0 N–H and O–H groups in total. The van der Waals surface area contributed by atoms with E-state index in [9.17, 15) is 4.79 Å². The van der Waals surface area contributed by atoms with Crippen LogP contribution in [0.2, 0.25) is 0 Å². The third-order valence-corrected chi connectivity index (χ3v) is 3.78. The molecule has 0 spiro atoms. The lowest BCUT2D eigenvalue weighted by atomic mass is 10.1. The second kappa shape index (κ2) is 7.51. The Balaban J connectivity index is 2.11. The van der Waals surface area contributed by atoms with Gasteiger partial charge in [0.2, 0.25) is 0 Å². The van der Waals surface area contributed by atoms with Gasteiger partial charge in [0.15, 0.2) is 12.4 Å². The smallest absolute Gasteiger partial charge is 0.179 e. The third-order valence-electron chi connectivity index (χ3n) is 2.89. The Kier molecular flexibility index (Phi) is 5.42. The van der Waals surface area contributed by atoms with Gasteiger partial charge in [-0.2, -0.15) is 5.26 Å². The lowest BCUT2D eigenvalue weighted by Crippen LogP contribution is -2.08. The molecular formula is C17H15NO2S. The quantitative estimate of drug-likeness (QED) is 0.597. The number of hydrogen-bond donors (Lipinski definition) is 0. The van der Waals surface area contributed by atoms with Gasteiger partial charge in [0.05, 0.1) is 11.6 Å². The van der Waals surface area contributed by atoms with Gasteiger partial charge in [-0.25, -0.2) is 0 Å². The molecule has 0 aromatic heterocycles. The zero-order valence-electron chi connectivity index (χ0n) is 11.7. The summed E-state index contributed by atoms with van der Waals surface area (Å²) in [4.78, 5) is 12.4. The van der Waals surface area contributed by atoms with Crippen LogP contribution in [0, 0.1) is 11.3 Å². The molecule has 106 valence electrons. The number of nitriles is 1. The summed E-state index contributed by atoms with van der Waals surface area (Å²) in [5, 5.41) is 8.76. The molecule has 0 saturated heterocycles. The second-order valence-corrected chi connectivity index (χ2v) is 5.65. The summed E-state index contributed by atoms with van der Waals surface area (Å²) in [6.07, 6.45) is 0.138. The molecule has 0 saturated carbocycles. The molecule has 0 aliphatic heterocycles. The van der Waals surface area contributed by atoms with Crippen LogP contribution >= 0.6 is 11.8 Å². The molecule has 2 aromatic rings. The Morgan fingerprint density at radius 2 is 1.86 bits per heavy atom. The Bertz CT molecular complexity index is 629. The molecule has 3 nitrogen and oxygen atoms in total. The van der Waals surface area contributed by atoms with Crippen molar-refractivity contribution in [1.29, 1.82) is 5.26 Å². The number of carbonyl (C=O) groups excluding carboxylic acids is 1. The summed E-state index contributed by atoms with van der Waals surface area (Å²) >= 11 is 1.75. The molecule has 0 aliphatic carbocycles. The molecule has 1 unspecified atom stereocenters. The minimum Gasteiger partial charge on any atom is -0.478 e. The maximum absolute atomic E-state index is 11.3. The van der Waals surface area contributed by atoms with Crippen molar-refractivity contribution in [1.82, 2.24) is 0 Å². The van der Waals surface area contributed by atoms with Crippen LogP contribution in [0.4, 0.5) is 0 Å². The fraction of sp³-hybridized carbons (Fsp3) is 0.176. The van der Waals surface area contributed by atoms with Crippen LogP contribution in [0.1, 0.15) is 24.2 Å². The van der Waals surface area contributed by atoms with Crippen molar-refractivity contribution in [3.05, 3.63) is 59.7 Å². The first-order chi connectivity index (χ1) is 10.3. The van der Waals surface area contributed by atoms with E-state index in [0.29, 0.717) is 11.3 Å². The monoisotopic (exact) mass is 297 g/mol. The molecule has 0 bridgehead atoms. The zero-order valence-corrected chi connectivity index (χ0v) is 12.5. The van der Waals surface area contributed by atoms with Gasteiger partial charge in [-0.05, 0) is 47.7 Å². The molecule has 0 heterocycles. The average molecular weight is 297 g/mol. The third kappa shape index (κ3) is 4.11. The van der Waals surface area contributed by atoms with E-state index in [0.717, 1.165) is 17.6 Å². The Labute approximate surface area is 128 Å². The highest BCUT2D eigenvalue weighted by atomic mass is 32.2. The van der Waals surface area contributed by atoms with Crippen LogP contribution < -0.4 is 4.74 Å². The van der Waals surface area contributed by atoms with Crippen LogP contribution in [0.25, 0.3) is 0 Å². The van der Waals surface area contributed by atoms with E-state index in [4.69, 9.17) is 10.00 Å². The fourth-order valence-electron chi connectivity index (χ4n) is 1.85. The molecule has 4 heteroatoms. The summed E-state index contributed by atoms with van der Waals surface area (Å²) in [7, 11) is 0. The summed E-state index contributed by atoms with van der Waals surface area (Å²) < 4.78 is 5.66. The number of carbonyl (C=O) groups is 1. The first-order valence-corrected chi connectivity index (χ1v) is 7.60. The van der Waals surface area contributed by atoms with Crippen molar-refractivity contribution in [3.63, 3.8) is 0 Å². The van der Waals surface area contributed by atoms with Gasteiger partial charge in [-0.3, -0.25) is 4.79 Å². The van der Waals surface area contributed by atoms with Crippen LogP contribution in [-0.2, 0) is 4.79 Å². The topological polar surface area (TPSA) is 50.1 Å². The van der Waals surface area contributed by atoms with E-state index in [1.54, 1.807) is 36.0 Å². The van der Waals surface area contributed by atoms with Crippen LogP contribution in [0.15, 0.2) is 53.4 Å². The van der Waals surface area contributed by atoms with Crippen molar-refractivity contribution in [2.75, 3.05) is 5.75 Å². The number of nitrogens with zero attached hydrogens (tertiary/aromatic N) is 1. The highest BCUT2D eigenvalue weighted by molar-refractivity contribution is 7.99. The summed E-state index contributed by atoms with van der Waals surface area (Å²) in [5.41, 5.74) is 1.38. The average Bonchev–Trinajstić information content (AvgIpc) is 2.54. The number of rotatable bonds is 6. The number of hydrogen-bond acceptors (Lipinski definition) is 4. The predicted molar refractivity (Wildman–Crippen MR) is 83.4 cm³/mol. The number of ether oxygens (including phenoxy) is 1. The second-order valence-electron chi connectivity index (χ2n) is 4.31. The lowest BCUT2D eigenvalue weighted by molar-refractivity contribution is -0.113. The van der Waals surface area contributed by atoms with Crippen molar-refractivity contribution < 1.29 is 9.53 Å². The summed E-state index contributed by atoms with van der Waals surface area (Å²) in [6.45, 7) is 2.10. The molecule has 2 rings (SSSR count). The van der Waals surface area contributed by atoms with Crippen molar-refractivity contribution in [3.8, 4) is 11.8 Å². The molecule has 0 amide bonds. The van der Waals surface area contributed by atoms with Crippen molar-refractivity contribution >= 4 is 18.0 Å². The maximum Gasteiger partial charge on any atom is 0.179 e. The van der Waals surface area contributed by atoms with Gasteiger partial charge < -0.3 is 4.74 Å². The fourth-order valence-corrected chi connectivity index (χ4v) is 2.51. The molecule has 0 fully saturated rings. The highest BCUT2D eigenvalue weighted by Gasteiger charge is 2.12. The van der Waals surface area contributed by atoms with E-state index in [1.165, 1.54) is 4.90 Å². The van der Waals surface area contributed by atoms with Crippen LogP contribution in [0.3, 0.4) is 0 Å². The molecule has 1 atom stereocenters.